The number of nitrogens with zero attached hydrogens (tertiary/aromatic N) is 1. The molecule has 1 atom stereocenters. The lowest BCUT2D eigenvalue weighted by Gasteiger charge is -2.41. The highest BCUT2D eigenvalue weighted by molar-refractivity contribution is 5.98. The molecule has 0 amide bonds. The molecule has 0 bridgehead atoms. The first-order valence-electron chi connectivity index (χ1n) is 10.8. The van der Waals surface area contributed by atoms with Gasteiger partial charge in [0.15, 0.2) is 0 Å². The third-order valence-corrected chi connectivity index (χ3v) is 7.06. The van der Waals surface area contributed by atoms with Crippen LogP contribution in [-0.2, 0) is 26.2 Å². The number of halogens is 1. The Morgan fingerprint density at radius 3 is 2.48 bits per heavy atom. The van der Waals surface area contributed by atoms with Gasteiger partial charge in [-0.2, -0.15) is 5.26 Å². The summed E-state index contributed by atoms with van der Waals surface area (Å²) >= 11 is 0. The highest BCUT2D eigenvalue weighted by Crippen LogP contribution is 2.44. The highest BCUT2D eigenvalue weighted by atomic mass is 19.1. The fourth-order valence-corrected chi connectivity index (χ4v) is 5.19. The van der Waals surface area contributed by atoms with Crippen molar-refractivity contribution < 1.29 is 18.7 Å². The van der Waals surface area contributed by atoms with Gasteiger partial charge in [-0.15, -0.1) is 0 Å². The summed E-state index contributed by atoms with van der Waals surface area (Å²) in [4.78, 5) is 24.2. The second-order valence-corrected chi connectivity index (χ2v) is 8.63. The predicted molar refractivity (Wildman–Crippen MR) is 108 cm³/mol. The number of carbonyl (C=O) groups excluding carboxylic acids is 2. The van der Waals surface area contributed by atoms with Crippen molar-refractivity contribution in [1.29, 1.82) is 5.26 Å². The number of benzene rings is 1. The fourth-order valence-electron chi connectivity index (χ4n) is 5.19. The van der Waals surface area contributed by atoms with Crippen molar-refractivity contribution in [3.8, 4) is 6.07 Å². The van der Waals surface area contributed by atoms with Gasteiger partial charge in [0.25, 0.3) is 0 Å². The SMILES string of the molecule is CCC(C#N)(CC)c1ccc(CCC2(C3CCCC3)CC(=O)CC(=O)O2)cc1F. The van der Waals surface area contributed by atoms with Gasteiger partial charge in [-0.05, 0) is 56.1 Å². The van der Waals surface area contributed by atoms with Crippen LogP contribution in [0.25, 0.3) is 0 Å². The molecule has 2 fully saturated rings. The largest absolute Gasteiger partial charge is 0.458 e. The molecule has 0 N–H and O–H groups in total. The number of cyclic esters (lactones) is 1. The Labute approximate surface area is 172 Å². The summed E-state index contributed by atoms with van der Waals surface area (Å²) < 4.78 is 20.7. The summed E-state index contributed by atoms with van der Waals surface area (Å²) in [6.45, 7) is 3.81. The normalized spacial score (nSPS) is 23.1. The molecule has 2 aliphatic rings. The number of hydrogen-bond donors (Lipinski definition) is 0. The van der Waals surface area contributed by atoms with E-state index in [1.54, 1.807) is 6.07 Å². The molecule has 1 aliphatic heterocycles. The van der Waals surface area contributed by atoms with Crippen LogP contribution in [0.5, 0.6) is 0 Å². The van der Waals surface area contributed by atoms with Crippen LogP contribution in [0.3, 0.4) is 0 Å². The van der Waals surface area contributed by atoms with Crippen LogP contribution in [-0.4, -0.2) is 17.4 Å². The van der Waals surface area contributed by atoms with Gasteiger partial charge in [-0.1, -0.05) is 38.8 Å². The van der Waals surface area contributed by atoms with Crippen molar-refractivity contribution in [1.82, 2.24) is 0 Å². The van der Waals surface area contributed by atoms with Crippen LogP contribution in [0.15, 0.2) is 18.2 Å². The Kier molecular flexibility index (Phi) is 6.41. The van der Waals surface area contributed by atoms with E-state index < -0.39 is 17.0 Å². The Balaban J connectivity index is 1.81. The third-order valence-electron chi connectivity index (χ3n) is 7.06. The molecular weight excluding hydrogens is 369 g/mol. The minimum absolute atomic E-state index is 0.0561. The average molecular weight is 400 g/mol. The second kappa shape index (κ2) is 8.65. The van der Waals surface area contributed by atoms with E-state index in [0.717, 1.165) is 31.2 Å². The van der Waals surface area contributed by atoms with Crippen molar-refractivity contribution in [3.05, 3.63) is 35.1 Å². The van der Waals surface area contributed by atoms with E-state index in [4.69, 9.17) is 4.74 Å². The molecule has 1 aromatic rings. The van der Waals surface area contributed by atoms with E-state index in [0.29, 0.717) is 31.2 Å². The predicted octanol–water partition coefficient (Wildman–Crippen LogP) is 5.17. The van der Waals surface area contributed by atoms with Gasteiger partial charge >= 0.3 is 5.97 Å². The maximum Gasteiger partial charge on any atom is 0.313 e. The Bertz CT molecular complexity index is 800. The van der Waals surface area contributed by atoms with E-state index in [9.17, 15) is 19.2 Å². The molecule has 1 aliphatic carbocycles. The summed E-state index contributed by atoms with van der Waals surface area (Å²) in [5.74, 6) is -0.649. The van der Waals surface area contributed by atoms with Crippen molar-refractivity contribution in [2.45, 2.75) is 89.1 Å². The quantitative estimate of drug-likeness (QED) is 0.468. The van der Waals surface area contributed by atoms with Crippen LogP contribution in [0, 0.1) is 23.1 Å². The molecule has 1 unspecified atom stereocenters. The van der Waals surface area contributed by atoms with Crippen LogP contribution in [0.2, 0.25) is 0 Å². The molecule has 4 nitrogen and oxygen atoms in total. The first kappa shape index (κ1) is 21.5. The summed E-state index contributed by atoms with van der Waals surface area (Å²) in [6.07, 6.45) is 6.41. The van der Waals surface area contributed by atoms with Crippen LogP contribution in [0.4, 0.5) is 4.39 Å². The topological polar surface area (TPSA) is 67.2 Å². The lowest BCUT2D eigenvalue weighted by molar-refractivity contribution is -0.178. The van der Waals surface area contributed by atoms with Crippen LogP contribution >= 0.6 is 0 Å². The third kappa shape index (κ3) is 4.22. The van der Waals surface area contributed by atoms with Gasteiger partial charge in [0.05, 0.1) is 11.5 Å². The van der Waals surface area contributed by atoms with Gasteiger partial charge in [0.1, 0.15) is 23.6 Å². The maximum absolute atomic E-state index is 14.9. The second-order valence-electron chi connectivity index (χ2n) is 8.63. The molecule has 0 aromatic heterocycles. The summed E-state index contributed by atoms with van der Waals surface area (Å²) in [5.41, 5.74) is -0.310. The minimum Gasteiger partial charge on any atom is -0.458 e. The molecule has 1 heterocycles. The monoisotopic (exact) mass is 399 g/mol. The molecule has 1 aromatic carbocycles. The number of esters is 1. The number of ether oxygens (including phenoxy) is 1. The van der Waals surface area contributed by atoms with E-state index in [-0.39, 0.29) is 30.4 Å². The number of nitriles is 1. The van der Waals surface area contributed by atoms with Gasteiger partial charge < -0.3 is 4.74 Å². The molecule has 1 saturated heterocycles. The van der Waals surface area contributed by atoms with E-state index in [1.165, 1.54) is 6.07 Å². The number of rotatable bonds is 7. The molecule has 0 spiro atoms. The fraction of sp³-hybridized carbons (Fsp3) is 0.625. The zero-order valence-corrected chi connectivity index (χ0v) is 17.4. The smallest absolute Gasteiger partial charge is 0.313 e. The molecular formula is C24H30FNO3. The molecule has 3 rings (SSSR count). The van der Waals surface area contributed by atoms with Gasteiger partial charge in [-0.25, -0.2) is 4.39 Å². The highest BCUT2D eigenvalue weighted by Gasteiger charge is 2.47. The summed E-state index contributed by atoms with van der Waals surface area (Å²) in [7, 11) is 0. The molecule has 29 heavy (non-hydrogen) atoms. The van der Waals surface area contributed by atoms with Crippen LogP contribution in [0.1, 0.15) is 82.8 Å². The zero-order chi connectivity index (χ0) is 21.1. The van der Waals surface area contributed by atoms with E-state index >= 15 is 0 Å². The van der Waals surface area contributed by atoms with Crippen molar-refractivity contribution in [2.24, 2.45) is 5.92 Å². The maximum atomic E-state index is 14.9. The minimum atomic E-state index is -0.807. The standard InChI is InChI=1S/C24H30FNO3/c1-3-23(4-2,16-26)20-10-9-17(13-21(20)25)11-12-24(18-7-5-6-8-18)15-19(27)14-22(28)29-24/h9-10,13,18H,3-8,11-12,14-15H2,1-2H3. The van der Waals surface area contributed by atoms with Crippen LogP contribution < -0.4 is 0 Å². The van der Waals surface area contributed by atoms with Gasteiger partial charge in [-0.3, -0.25) is 9.59 Å². The Morgan fingerprint density at radius 1 is 1.24 bits per heavy atom. The number of aryl methyl sites for hydroxylation is 1. The van der Waals surface area contributed by atoms with Crippen molar-refractivity contribution >= 4 is 11.8 Å². The number of carbonyl (C=O) groups is 2. The van der Waals surface area contributed by atoms with E-state index in [2.05, 4.69) is 6.07 Å². The van der Waals surface area contributed by atoms with E-state index in [1.807, 2.05) is 19.9 Å². The lowest BCUT2D eigenvalue weighted by atomic mass is 9.75. The first-order chi connectivity index (χ1) is 13.9. The summed E-state index contributed by atoms with van der Waals surface area (Å²) in [5, 5.41) is 9.61. The molecule has 156 valence electrons. The number of ketones is 1. The molecule has 1 saturated carbocycles. The molecule has 5 heteroatoms. The Morgan fingerprint density at radius 2 is 1.93 bits per heavy atom. The number of hydrogen-bond acceptors (Lipinski definition) is 4. The summed E-state index contributed by atoms with van der Waals surface area (Å²) in [6, 6.07) is 7.38. The number of Topliss-reactive ketones (excluding diaryl/α,β-unsaturated/α-hetero) is 1. The van der Waals surface area contributed by atoms with Crippen molar-refractivity contribution in [3.63, 3.8) is 0 Å². The molecule has 0 radical (unpaired) electrons. The Hall–Kier alpha value is -2.22. The van der Waals surface area contributed by atoms with Gasteiger partial charge in [0, 0.05) is 12.0 Å². The zero-order valence-electron chi connectivity index (χ0n) is 17.4. The van der Waals surface area contributed by atoms with Gasteiger partial charge in [0.2, 0.25) is 0 Å². The average Bonchev–Trinajstić information content (AvgIpc) is 3.24. The lowest BCUT2D eigenvalue weighted by Crippen LogP contribution is -2.48. The first-order valence-corrected chi connectivity index (χ1v) is 10.8. The van der Waals surface area contributed by atoms with Crippen molar-refractivity contribution in [2.75, 3.05) is 0 Å².